The minimum absolute atomic E-state index is 0. The van der Waals surface area contributed by atoms with E-state index < -0.39 is 27.7 Å². The molecule has 0 unspecified atom stereocenters. The standard InChI is InChI=1S/C25H25ClFNO5S.ClH/c1-2-33-25(30)22-11-10-21(15-23(22)27)34(31,32)20-8-6-17(7-9-20)12-13-28-16-24(29)18-4-3-5-19(26)14-18;/h3-11,14-15,24,28-29H,2,12-13,16H2,1H3;1H/t24-;/m1./s1. The van der Waals surface area contributed by atoms with Crippen molar-refractivity contribution in [3.8, 4) is 0 Å². The SMILES string of the molecule is CCOC(=O)c1ccc(S(=O)(=O)c2ccc(CCNC[C@@H](O)c3cccc(Cl)c3)cc2)cc1F.Cl. The average molecular weight is 542 g/mol. The highest BCUT2D eigenvalue weighted by molar-refractivity contribution is 7.91. The maximum absolute atomic E-state index is 14.3. The number of aliphatic hydroxyl groups excluding tert-OH is 1. The second-order valence-electron chi connectivity index (χ2n) is 7.53. The van der Waals surface area contributed by atoms with Gasteiger partial charge in [0.15, 0.2) is 0 Å². The number of carbonyl (C=O) groups excluding carboxylic acids is 1. The average Bonchev–Trinajstić information content (AvgIpc) is 2.82. The quantitative estimate of drug-likeness (QED) is 0.283. The van der Waals surface area contributed by atoms with Crippen LogP contribution in [0.1, 0.15) is 34.5 Å². The molecule has 0 aromatic heterocycles. The van der Waals surface area contributed by atoms with Gasteiger partial charge in [-0.3, -0.25) is 0 Å². The Balaban J connectivity index is 0.00000432. The number of sulfone groups is 1. The van der Waals surface area contributed by atoms with Gasteiger partial charge in [0, 0.05) is 11.6 Å². The van der Waals surface area contributed by atoms with Crippen molar-refractivity contribution in [2.75, 3.05) is 19.7 Å². The van der Waals surface area contributed by atoms with E-state index in [0.29, 0.717) is 24.5 Å². The topological polar surface area (TPSA) is 92.7 Å². The Bertz CT molecular complexity index is 1250. The minimum Gasteiger partial charge on any atom is -0.462 e. The van der Waals surface area contributed by atoms with Crippen molar-refractivity contribution in [1.29, 1.82) is 0 Å². The van der Waals surface area contributed by atoms with Crippen molar-refractivity contribution in [2.24, 2.45) is 0 Å². The molecule has 3 aromatic rings. The number of hydrogen-bond donors (Lipinski definition) is 2. The van der Waals surface area contributed by atoms with Gasteiger partial charge in [0.2, 0.25) is 9.84 Å². The number of nitrogens with one attached hydrogen (secondary N) is 1. The van der Waals surface area contributed by atoms with E-state index in [2.05, 4.69) is 5.32 Å². The van der Waals surface area contributed by atoms with E-state index in [1.165, 1.54) is 18.2 Å². The van der Waals surface area contributed by atoms with Crippen LogP contribution >= 0.6 is 24.0 Å². The van der Waals surface area contributed by atoms with E-state index in [1.54, 1.807) is 43.3 Å². The first-order valence-corrected chi connectivity index (χ1v) is 12.5. The van der Waals surface area contributed by atoms with Crippen molar-refractivity contribution in [3.63, 3.8) is 0 Å². The normalized spacial score (nSPS) is 12.0. The molecule has 188 valence electrons. The number of hydrogen-bond acceptors (Lipinski definition) is 6. The second kappa shape index (κ2) is 13.0. The molecule has 6 nitrogen and oxygen atoms in total. The van der Waals surface area contributed by atoms with Crippen LogP contribution in [-0.4, -0.2) is 39.2 Å². The first-order valence-electron chi connectivity index (χ1n) is 10.7. The summed E-state index contributed by atoms with van der Waals surface area (Å²) in [6.45, 7) is 2.60. The van der Waals surface area contributed by atoms with Gasteiger partial charge >= 0.3 is 5.97 Å². The highest BCUT2D eigenvalue weighted by atomic mass is 35.5. The Kier molecular flexibility index (Phi) is 10.7. The van der Waals surface area contributed by atoms with Crippen LogP contribution in [0.3, 0.4) is 0 Å². The second-order valence-corrected chi connectivity index (χ2v) is 9.92. The summed E-state index contributed by atoms with van der Waals surface area (Å²) >= 11 is 5.94. The van der Waals surface area contributed by atoms with Crippen LogP contribution in [0.4, 0.5) is 4.39 Å². The Morgan fingerprint density at radius 1 is 1.09 bits per heavy atom. The Hall–Kier alpha value is -2.49. The summed E-state index contributed by atoms with van der Waals surface area (Å²) in [6.07, 6.45) is -0.0762. The van der Waals surface area contributed by atoms with E-state index in [9.17, 15) is 22.7 Å². The highest BCUT2D eigenvalue weighted by Crippen LogP contribution is 2.24. The maximum atomic E-state index is 14.3. The van der Waals surface area contributed by atoms with E-state index in [1.807, 2.05) is 0 Å². The number of esters is 1. The molecule has 2 N–H and O–H groups in total. The first kappa shape index (κ1) is 28.7. The third-order valence-electron chi connectivity index (χ3n) is 5.14. The van der Waals surface area contributed by atoms with E-state index >= 15 is 0 Å². The van der Waals surface area contributed by atoms with Crippen molar-refractivity contribution in [1.82, 2.24) is 5.32 Å². The molecule has 1 atom stereocenters. The third kappa shape index (κ3) is 7.49. The summed E-state index contributed by atoms with van der Waals surface area (Å²) in [5.41, 5.74) is 1.30. The van der Waals surface area contributed by atoms with Gasteiger partial charge in [-0.2, -0.15) is 0 Å². The lowest BCUT2D eigenvalue weighted by molar-refractivity contribution is 0.0521. The van der Waals surface area contributed by atoms with E-state index in [0.717, 1.165) is 23.3 Å². The van der Waals surface area contributed by atoms with Crippen LogP contribution in [0.2, 0.25) is 5.02 Å². The molecule has 0 fully saturated rings. The lowest BCUT2D eigenvalue weighted by atomic mass is 10.1. The summed E-state index contributed by atoms with van der Waals surface area (Å²) in [5, 5.41) is 14.0. The zero-order valence-corrected chi connectivity index (χ0v) is 21.3. The van der Waals surface area contributed by atoms with Crippen LogP contribution < -0.4 is 5.32 Å². The Morgan fingerprint density at radius 3 is 2.40 bits per heavy atom. The molecule has 0 heterocycles. The highest BCUT2D eigenvalue weighted by Gasteiger charge is 2.21. The Labute approximate surface area is 215 Å². The molecule has 0 radical (unpaired) electrons. The minimum atomic E-state index is -3.96. The zero-order valence-electron chi connectivity index (χ0n) is 18.9. The molecule has 3 rings (SSSR count). The predicted octanol–water partition coefficient (Wildman–Crippen LogP) is 4.78. The van der Waals surface area contributed by atoms with Crippen molar-refractivity contribution in [3.05, 3.63) is 94.3 Å². The Morgan fingerprint density at radius 2 is 1.77 bits per heavy atom. The van der Waals surface area contributed by atoms with Crippen molar-refractivity contribution < 1.29 is 27.4 Å². The molecule has 35 heavy (non-hydrogen) atoms. The first-order chi connectivity index (χ1) is 16.2. The van der Waals surface area contributed by atoms with Crippen LogP contribution in [0.15, 0.2) is 76.5 Å². The predicted molar refractivity (Wildman–Crippen MR) is 134 cm³/mol. The molecule has 0 spiro atoms. The van der Waals surface area contributed by atoms with Crippen LogP contribution in [-0.2, 0) is 21.0 Å². The molecular formula is C25H26Cl2FNO5S. The summed E-state index contributed by atoms with van der Waals surface area (Å²) in [6, 6.07) is 16.4. The van der Waals surface area contributed by atoms with Gasteiger partial charge in [-0.05, 0) is 73.5 Å². The summed E-state index contributed by atoms with van der Waals surface area (Å²) in [4.78, 5) is 11.5. The van der Waals surface area contributed by atoms with Gasteiger partial charge in [0.05, 0.1) is 28.1 Å². The molecule has 0 aliphatic heterocycles. The summed E-state index contributed by atoms with van der Waals surface area (Å²) < 4.78 is 44.8. The maximum Gasteiger partial charge on any atom is 0.341 e. The lowest BCUT2D eigenvalue weighted by Gasteiger charge is -2.13. The number of carbonyl (C=O) groups is 1. The molecule has 3 aromatic carbocycles. The molecule has 0 aliphatic carbocycles. The molecule has 0 saturated heterocycles. The fourth-order valence-corrected chi connectivity index (χ4v) is 4.78. The van der Waals surface area contributed by atoms with Gasteiger partial charge < -0.3 is 15.2 Å². The number of rotatable bonds is 10. The zero-order chi connectivity index (χ0) is 24.7. The van der Waals surface area contributed by atoms with Crippen molar-refractivity contribution in [2.45, 2.75) is 29.2 Å². The van der Waals surface area contributed by atoms with E-state index in [-0.39, 0.29) is 34.4 Å². The number of benzene rings is 3. The fraction of sp³-hybridized carbons (Fsp3) is 0.240. The van der Waals surface area contributed by atoms with Crippen LogP contribution in [0.5, 0.6) is 0 Å². The number of aliphatic hydroxyl groups is 1. The molecule has 0 bridgehead atoms. The van der Waals surface area contributed by atoms with Gasteiger partial charge in [-0.25, -0.2) is 17.6 Å². The van der Waals surface area contributed by atoms with Gasteiger partial charge in [-0.1, -0.05) is 35.9 Å². The number of ether oxygens (including phenoxy) is 1. The molecule has 0 aliphatic rings. The molecule has 0 amide bonds. The molecule has 0 saturated carbocycles. The largest absolute Gasteiger partial charge is 0.462 e. The fourth-order valence-electron chi connectivity index (χ4n) is 3.31. The molecular weight excluding hydrogens is 516 g/mol. The lowest BCUT2D eigenvalue weighted by Crippen LogP contribution is -2.23. The summed E-state index contributed by atoms with van der Waals surface area (Å²) in [5.74, 6) is -1.80. The van der Waals surface area contributed by atoms with Gasteiger partial charge in [0.1, 0.15) is 5.82 Å². The van der Waals surface area contributed by atoms with Crippen LogP contribution in [0.25, 0.3) is 0 Å². The molecule has 10 heteroatoms. The van der Waals surface area contributed by atoms with Crippen LogP contribution in [0, 0.1) is 5.82 Å². The number of halogens is 3. The summed E-state index contributed by atoms with van der Waals surface area (Å²) in [7, 11) is -3.96. The van der Waals surface area contributed by atoms with Gasteiger partial charge in [-0.15, -0.1) is 12.4 Å². The monoisotopic (exact) mass is 541 g/mol. The smallest absolute Gasteiger partial charge is 0.341 e. The third-order valence-corrected chi connectivity index (χ3v) is 7.14. The van der Waals surface area contributed by atoms with E-state index in [4.69, 9.17) is 16.3 Å². The van der Waals surface area contributed by atoms with Gasteiger partial charge in [0.25, 0.3) is 0 Å². The van der Waals surface area contributed by atoms with Crippen molar-refractivity contribution >= 4 is 39.8 Å².